The molecule has 0 saturated carbocycles. The van der Waals surface area contributed by atoms with Gasteiger partial charge in [-0.25, -0.2) is 0 Å². The molecule has 0 aromatic heterocycles. The number of non-ortho nitro benzene ring substituents is 1. The van der Waals surface area contributed by atoms with Crippen molar-refractivity contribution in [2.75, 3.05) is 13.7 Å². The number of hydrogen-bond acceptors (Lipinski definition) is 5. The fraction of sp³-hybridized carbons (Fsp3) is 0.417. The average Bonchev–Trinajstić information content (AvgIpc) is 2.38. The Morgan fingerprint density at radius 3 is 2.63 bits per heavy atom. The van der Waals surface area contributed by atoms with Crippen molar-refractivity contribution in [2.24, 2.45) is 0 Å². The predicted octanol–water partition coefficient (Wildman–Crippen LogP) is 2.45. The molecule has 6 nitrogen and oxygen atoms in total. The summed E-state index contributed by atoms with van der Waals surface area (Å²) in [6, 6.07) is 2.61. The molecule has 104 valence electrons. The Balaban J connectivity index is 3.20. The number of nitro benzene ring substituents is 1. The van der Waals surface area contributed by atoms with E-state index in [9.17, 15) is 14.9 Å². The van der Waals surface area contributed by atoms with Gasteiger partial charge in [-0.05, 0) is 12.5 Å². The van der Waals surface area contributed by atoms with Gasteiger partial charge in [-0.15, -0.1) is 11.6 Å². The first-order chi connectivity index (χ1) is 9.03. The second kappa shape index (κ2) is 6.94. The zero-order valence-corrected chi connectivity index (χ0v) is 11.4. The lowest BCUT2D eigenvalue weighted by molar-refractivity contribution is -0.385. The number of halogens is 1. The molecule has 19 heavy (non-hydrogen) atoms. The van der Waals surface area contributed by atoms with E-state index in [0.29, 0.717) is 11.1 Å². The molecule has 1 aromatic rings. The Bertz CT molecular complexity index is 464. The topological polar surface area (TPSA) is 78.7 Å². The van der Waals surface area contributed by atoms with Crippen molar-refractivity contribution in [1.29, 1.82) is 0 Å². The summed E-state index contributed by atoms with van der Waals surface area (Å²) in [5.41, 5.74) is 0.877. The van der Waals surface area contributed by atoms with Crippen molar-refractivity contribution < 1.29 is 19.2 Å². The molecule has 0 unspecified atom stereocenters. The van der Waals surface area contributed by atoms with Crippen molar-refractivity contribution in [3.63, 3.8) is 0 Å². The maximum atomic E-state index is 11.5. The Morgan fingerprint density at radius 1 is 1.47 bits per heavy atom. The Morgan fingerprint density at radius 2 is 2.16 bits per heavy atom. The van der Waals surface area contributed by atoms with Gasteiger partial charge < -0.3 is 9.47 Å². The third kappa shape index (κ3) is 3.82. The SMILES string of the molecule is CCOC(=O)Cc1c(CCl)cc([N+](=O)[O-])cc1OC. The number of rotatable bonds is 6. The van der Waals surface area contributed by atoms with Gasteiger partial charge in [0.25, 0.3) is 5.69 Å². The van der Waals surface area contributed by atoms with E-state index in [1.165, 1.54) is 19.2 Å². The number of nitro groups is 1. The van der Waals surface area contributed by atoms with Crippen LogP contribution in [0.1, 0.15) is 18.1 Å². The summed E-state index contributed by atoms with van der Waals surface area (Å²) in [7, 11) is 1.38. The first-order valence-electron chi connectivity index (χ1n) is 5.59. The normalized spacial score (nSPS) is 10.1. The highest BCUT2D eigenvalue weighted by atomic mass is 35.5. The highest BCUT2D eigenvalue weighted by molar-refractivity contribution is 6.17. The van der Waals surface area contributed by atoms with Crippen molar-refractivity contribution in [2.45, 2.75) is 19.2 Å². The highest BCUT2D eigenvalue weighted by Gasteiger charge is 2.19. The molecule has 1 aromatic carbocycles. The van der Waals surface area contributed by atoms with Crippen molar-refractivity contribution >= 4 is 23.3 Å². The van der Waals surface area contributed by atoms with Gasteiger partial charge in [-0.1, -0.05) is 0 Å². The monoisotopic (exact) mass is 287 g/mol. The Hall–Kier alpha value is -1.82. The molecule has 0 spiro atoms. The molecule has 0 fully saturated rings. The zero-order valence-electron chi connectivity index (χ0n) is 10.6. The van der Waals surface area contributed by atoms with E-state index in [1.807, 2.05) is 0 Å². The lowest BCUT2D eigenvalue weighted by atomic mass is 10.0. The van der Waals surface area contributed by atoms with Crippen LogP contribution in [0.5, 0.6) is 5.75 Å². The van der Waals surface area contributed by atoms with Gasteiger partial charge in [0, 0.05) is 17.5 Å². The fourth-order valence-corrected chi connectivity index (χ4v) is 1.89. The molecule has 0 radical (unpaired) electrons. The van der Waals surface area contributed by atoms with E-state index in [-0.39, 0.29) is 30.3 Å². The van der Waals surface area contributed by atoms with Crippen molar-refractivity contribution in [3.8, 4) is 5.75 Å². The standard InChI is InChI=1S/C12H14ClNO5/c1-3-19-12(15)6-10-8(7-13)4-9(14(16)17)5-11(10)18-2/h4-5H,3,6-7H2,1-2H3. The van der Waals surface area contributed by atoms with Crippen LogP contribution in [0.4, 0.5) is 5.69 Å². The summed E-state index contributed by atoms with van der Waals surface area (Å²) in [6.07, 6.45) is -0.0307. The molecule has 0 saturated heterocycles. The lowest BCUT2D eigenvalue weighted by Gasteiger charge is -2.12. The molecule has 7 heteroatoms. The van der Waals surface area contributed by atoms with Gasteiger partial charge in [-0.3, -0.25) is 14.9 Å². The summed E-state index contributed by atoms with van der Waals surface area (Å²) in [5, 5.41) is 10.8. The van der Waals surface area contributed by atoms with Crippen LogP contribution in [0.25, 0.3) is 0 Å². The third-order valence-electron chi connectivity index (χ3n) is 2.49. The number of esters is 1. The molecular formula is C12H14ClNO5. The second-order valence-corrected chi connectivity index (χ2v) is 3.93. The van der Waals surface area contributed by atoms with Crippen LogP contribution in [-0.4, -0.2) is 24.6 Å². The number of nitrogens with zero attached hydrogens (tertiary/aromatic N) is 1. The maximum Gasteiger partial charge on any atom is 0.310 e. The molecule has 0 heterocycles. The number of alkyl halides is 1. The number of hydrogen-bond donors (Lipinski definition) is 0. The molecule has 0 N–H and O–H groups in total. The van der Waals surface area contributed by atoms with Gasteiger partial charge in [0.1, 0.15) is 5.75 Å². The molecule has 0 aliphatic heterocycles. The smallest absolute Gasteiger partial charge is 0.310 e. The summed E-state index contributed by atoms with van der Waals surface area (Å²) in [6.45, 7) is 1.97. The first-order valence-corrected chi connectivity index (χ1v) is 6.12. The largest absolute Gasteiger partial charge is 0.496 e. The van der Waals surface area contributed by atoms with Gasteiger partial charge in [0.2, 0.25) is 0 Å². The molecular weight excluding hydrogens is 274 g/mol. The van der Waals surface area contributed by atoms with Crippen LogP contribution in [0.2, 0.25) is 0 Å². The van der Waals surface area contributed by atoms with Crippen LogP contribution in [0.15, 0.2) is 12.1 Å². The van der Waals surface area contributed by atoms with Gasteiger partial charge in [0.15, 0.2) is 0 Å². The van der Waals surface area contributed by atoms with E-state index >= 15 is 0 Å². The number of carbonyl (C=O) groups is 1. The molecule has 0 aliphatic rings. The van der Waals surface area contributed by atoms with E-state index in [1.54, 1.807) is 6.92 Å². The molecule has 1 rings (SSSR count). The number of carbonyl (C=O) groups excluding carboxylic acids is 1. The van der Waals surface area contributed by atoms with Crippen LogP contribution < -0.4 is 4.74 Å². The first kappa shape index (κ1) is 15.2. The van der Waals surface area contributed by atoms with E-state index in [2.05, 4.69) is 0 Å². The quantitative estimate of drug-likeness (QED) is 0.347. The third-order valence-corrected chi connectivity index (χ3v) is 2.78. The van der Waals surface area contributed by atoms with Crippen LogP contribution >= 0.6 is 11.6 Å². The highest BCUT2D eigenvalue weighted by Crippen LogP contribution is 2.30. The van der Waals surface area contributed by atoms with E-state index in [4.69, 9.17) is 21.1 Å². The fourth-order valence-electron chi connectivity index (χ4n) is 1.65. The van der Waals surface area contributed by atoms with E-state index < -0.39 is 10.9 Å². The molecule has 0 bridgehead atoms. The van der Waals surface area contributed by atoms with Gasteiger partial charge in [0.05, 0.1) is 31.1 Å². The summed E-state index contributed by atoms with van der Waals surface area (Å²) in [5.74, 6) is -0.119. The van der Waals surface area contributed by atoms with Gasteiger partial charge in [-0.2, -0.15) is 0 Å². The van der Waals surface area contributed by atoms with Crippen molar-refractivity contribution in [1.82, 2.24) is 0 Å². The van der Waals surface area contributed by atoms with Crippen molar-refractivity contribution in [3.05, 3.63) is 33.4 Å². The minimum Gasteiger partial charge on any atom is -0.496 e. The number of benzene rings is 1. The van der Waals surface area contributed by atoms with Gasteiger partial charge >= 0.3 is 5.97 Å². The zero-order chi connectivity index (χ0) is 14.4. The van der Waals surface area contributed by atoms with Crippen LogP contribution in [0, 0.1) is 10.1 Å². The minimum atomic E-state index is -0.535. The summed E-state index contributed by atoms with van der Waals surface area (Å²) < 4.78 is 9.94. The van der Waals surface area contributed by atoms with Crippen LogP contribution in [-0.2, 0) is 21.8 Å². The average molecular weight is 288 g/mol. The molecule has 0 aliphatic carbocycles. The Kier molecular flexibility index (Phi) is 5.57. The molecule has 0 amide bonds. The maximum absolute atomic E-state index is 11.5. The Labute approximate surface area is 115 Å². The lowest BCUT2D eigenvalue weighted by Crippen LogP contribution is -2.10. The number of ether oxygens (including phenoxy) is 2. The summed E-state index contributed by atoms with van der Waals surface area (Å²) in [4.78, 5) is 21.8. The predicted molar refractivity (Wildman–Crippen MR) is 69.5 cm³/mol. The minimum absolute atomic E-state index is 0.0307. The summed E-state index contributed by atoms with van der Waals surface area (Å²) >= 11 is 5.77. The van der Waals surface area contributed by atoms with Crippen LogP contribution in [0.3, 0.4) is 0 Å². The van der Waals surface area contributed by atoms with E-state index in [0.717, 1.165) is 0 Å². The number of methoxy groups -OCH3 is 1. The second-order valence-electron chi connectivity index (χ2n) is 3.66. The molecule has 0 atom stereocenters.